The first kappa shape index (κ1) is 13.9. The number of nitrogens with one attached hydrogen (secondary N) is 3. The number of carbonyl (C=O) groups is 1. The lowest BCUT2D eigenvalue weighted by atomic mass is 9.99. The minimum atomic E-state index is -0.0360. The molecule has 1 amide bonds. The van der Waals surface area contributed by atoms with Crippen LogP contribution in [-0.4, -0.2) is 32.6 Å². The van der Waals surface area contributed by atoms with Crippen LogP contribution in [-0.2, 0) is 0 Å². The van der Waals surface area contributed by atoms with Crippen molar-refractivity contribution >= 4 is 11.6 Å². The van der Waals surface area contributed by atoms with Crippen LogP contribution >= 0.6 is 0 Å². The van der Waals surface area contributed by atoms with Crippen LogP contribution in [0.15, 0.2) is 18.2 Å². The molecule has 1 saturated heterocycles. The van der Waals surface area contributed by atoms with Gasteiger partial charge in [-0.15, -0.1) is 0 Å². The largest absolute Gasteiger partial charge is 0.385 e. The Labute approximate surface area is 115 Å². The summed E-state index contributed by atoms with van der Waals surface area (Å²) in [5.74, 6) is 0.665. The van der Waals surface area contributed by atoms with E-state index in [0.29, 0.717) is 11.5 Å². The van der Waals surface area contributed by atoms with Gasteiger partial charge >= 0.3 is 0 Å². The van der Waals surface area contributed by atoms with E-state index in [4.69, 9.17) is 0 Å². The summed E-state index contributed by atoms with van der Waals surface area (Å²) in [5, 5.41) is 9.56. The van der Waals surface area contributed by atoms with Crippen molar-refractivity contribution in [3.63, 3.8) is 0 Å². The molecule has 19 heavy (non-hydrogen) atoms. The Hall–Kier alpha value is -1.55. The predicted molar refractivity (Wildman–Crippen MR) is 78.7 cm³/mol. The van der Waals surface area contributed by atoms with Crippen LogP contribution in [0.3, 0.4) is 0 Å². The summed E-state index contributed by atoms with van der Waals surface area (Å²) in [7, 11) is 1.65. The third-order valence-electron chi connectivity index (χ3n) is 3.70. The zero-order valence-corrected chi connectivity index (χ0v) is 11.8. The maximum atomic E-state index is 11.5. The molecule has 0 aliphatic carbocycles. The minimum Gasteiger partial charge on any atom is -0.385 e. The number of piperidine rings is 1. The summed E-state index contributed by atoms with van der Waals surface area (Å²) in [5.41, 5.74) is 2.95. The monoisotopic (exact) mass is 261 g/mol. The number of anilines is 1. The first-order valence-electron chi connectivity index (χ1n) is 6.98. The smallest absolute Gasteiger partial charge is 0.251 e. The van der Waals surface area contributed by atoms with E-state index in [9.17, 15) is 4.79 Å². The second-order valence-electron chi connectivity index (χ2n) is 5.20. The molecule has 1 aromatic carbocycles. The van der Waals surface area contributed by atoms with Crippen molar-refractivity contribution in [2.24, 2.45) is 5.92 Å². The molecule has 1 aliphatic rings. The summed E-state index contributed by atoms with van der Waals surface area (Å²) >= 11 is 0. The standard InChI is InChI=1S/C15H23N3O/c1-11-8-13(15(19)16-2)5-6-14(11)18-10-12-4-3-7-17-9-12/h5-6,8,12,17-18H,3-4,7,9-10H2,1-2H3,(H,16,19). The SMILES string of the molecule is CNC(=O)c1ccc(NCC2CCCNC2)c(C)c1. The normalized spacial score (nSPS) is 18.9. The van der Waals surface area contributed by atoms with Gasteiger partial charge < -0.3 is 16.0 Å². The fraction of sp³-hybridized carbons (Fsp3) is 0.533. The molecule has 104 valence electrons. The number of carbonyl (C=O) groups excluding carboxylic acids is 1. The molecule has 0 spiro atoms. The lowest BCUT2D eigenvalue weighted by Crippen LogP contribution is -2.33. The third-order valence-corrected chi connectivity index (χ3v) is 3.70. The highest BCUT2D eigenvalue weighted by Crippen LogP contribution is 2.18. The van der Waals surface area contributed by atoms with Crippen molar-refractivity contribution in [3.8, 4) is 0 Å². The molecule has 0 bridgehead atoms. The van der Waals surface area contributed by atoms with Crippen molar-refractivity contribution < 1.29 is 4.79 Å². The van der Waals surface area contributed by atoms with Gasteiger partial charge in [-0.25, -0.2) is 0 Å². The molecule has 0 saturated carbocycles. The van der Waals surface area contributed by atoms with Crippen LogP contribution in [0.4, 0.5) is 5.69 Å². The number of aryl methyl sites for hydroxylation is 1. The third kappa shape index (κ3) is 3.70. The Balaban J connectivity index is 1.95. The van der Waals surface area contributed by atoms with Gasteiger partial charge in [-0.2, -0.15) is 0 Å². The van der Waals surface area contributed by atoms with E-state index in [1.165, 1.54) is 12.8 Å². The van der Waals surface area contributed by atoms with Gasteiger partial charge in [-0.3, -0.25) is 4.79 Å². The lowest BCUT2D eigenvalue weighted by Gasteiger charge is -2.23. The summed E-state index contributed by atoms with van der Waals surface area (Å²) in [6.45, 7) is 5.28. The molecule has 1 heterocycles. The van der Waals surface area contributed by atoms with E-state index in [1.807, 2.05) is 25.1 Å². The molecule has 4 heteroatoms. The highest BCUT2D eigenvalue weighted by Gasteiger charge is 2.13. The highest BCUT2D eigenvalue weighted by molar-refractivity contribution is 5.94. The quantitative estimate of drug-likeness (QED) is 0.774. The molecule has 1 atom stereocenters. The fourth-order valence-corrected chi connectivity index (χ4v) is 2.50. The van der Waals surface area contributed by atoms with E-state index in [2.05, 4.69) is 16.0 Å². The number of hydrogen-bond donors (Lipinski definition) is 3. The maximum absolute atomic E-state index is 11.5. The van der Waals surface area contributed by atoms with Crippen LogP contribution in [0.5, 0.6) is 0 Å². The fourth-order valence-electron chi connectivity index (χ4n) is 2.50. The topological polar surface area (TPSA) is 53.2 Å². The van der Waals surface area contributed by atoms with E-state index in [1.54, 1.807) is 7.05 Å². The summed E-state index contributed by atoms with van der Waals surface area (Å²) < 4.78 is 0. The summed E-state index contributed by atoms with van der Waals surface area (Å²) in [4.78, 5) is 11.5. The molecule has 1 aromatic rings. The van der Waals surface area contributed by atoms with E-state index >= 15 is 0 Å². The van der Waals surface area contributed by atoms with Gasteiger partial charge in [0.05, 0.1) is 0 Å². The molecule has 4 nitrogen and oxygen atoms in total. The Kier molecular flexibility index (Phi) is 4.80. The van der Waals surface area contributed by atoms with Crippen molar-refractivity contribution in [1.82, 2.24) is 10.6 Å². The Bertz CT molecular complexity index is 439. The highest BCUT2D eigenvalue weighted by atomic mass is 16.1. The summed E-state index contributed by atoms with van der Waals surface area (Å²) in [6.07, 6.45) is 2.55. The van der Waals surface area contributed by atoms with E-state index < -0.39 is 0 Å². The Morgan fingerprint density at radius 1 is 1.47 bits per heavy atom. The van der Waals surface area contributed by atoms with Crippen molar-refractivity contribution in [2.75, 3.05) is 32.0 Å². The maximum Gasteiger partial charge on any atom is 0.251 e. The van der Waals surface area contributed by atoms with Crippen LogP contribution < -0.4 is 16.0 Å². The van der Waals surface area contributed by atoms with Gasteiger partial charge in [0.25, 0.3) is 5.91 Å². The predicted octanol–water partition coefficient (Wildman–Crippen LogP) is 1.77. The molecule has 1 unspecified atom stereocenters. The Morgan fingerprint density at radius 2 is 2.32 bits per heavy atom. The van der Waals surface area contributed by atoms with Gasteiger partial charge in [-0.1, -0.05) is 0 Å². The molecular formula is C15H23N3O. The molecule has 2 rings (SSSR count). The minimum absolute atomic E-state index is 0.0360. The molecule has 3 N–H and O–H groups in total. The molecule has 1 fully saturated rings. The van der Waals surface area contributed by atoms with Crippen LogP contribution in [0.2, 0.25) is 0 Å². The second kappa shape index (κ2) is 6.57. The molecule has 0 radical (unpaired) electrons. The molecule has 0 aromatic heterocycles. The number of rotatable bonds is 4. The van der Waals surface area contributed by atoms with Crippen LogP contribution in [0, 0.1) is 12.8 Å². The average Bonchev–Trinajstić information content (AvgIpc) is 2.46. The van der Waals surface area contributed by atoms with Crippen molar-refractivity contribution in [1.29, 1.82) is 0 Å². The Morgan fingerprint density at radius 3 is 2.95 bits per heavy atom. The first-order chi connectivity index (χ1) is 9.20. The number of benzene rings is 1. The van der Waals surface area contributed by atoms with Gasteiger partial charge in [-0.05, 0) is 62.5 Å². The van der Waals surface area contributed by atoms with Gasteiger partial charge in [0.2, 0.25) is 0 Å². The van der Waals surface area contributed by atoms with Crippen LogP contribution in [0.25, 0.3) is 0 Å². The number of hydrogen-bond acceptors (Lipinski definition) is 3. The lowest BCUT2D eigenvalue weighted by molar-refractivity contribution is 0.0963. The van der Waals surface area contributed by atoms with Gasteiger partial charge in [0.15, 0.2) is 0 Å². The van der Waals surface area contributed by atoms with Gasteiger partial charge in [0.1, 0.15) is 0 Å². The first-order valence-corrected chi connectivity index (χ1v) is 6.98. The molecular weight excluding hydrogens is 238 g/mol. The summed E-state index contributed by atoms with van der Waals surface area (Å²) in [6, 6.07) is 5.80. The average molecular weight is 261 g/mol. The van der Waals surface area contributed by atoms with E-state index in [-0.39, 0.29) is 5.91 Å². The second-order valence-corrected chi connectivity index (χ2v) is 5.20. The van der Waals surface area contributed by atoms with Crippen molar-refractivity contribution in [3.05, 3.63) is 29.3 Å². The van der Waals surface area contributed by atoms with Crippen molar-refractivity contribution in [2.45, 2.75) is 19.8 Å². The zero-order chi connectivity index (χ0) is 13.7. The van der Waals surface area contributed by atoms with Gasteiger partial charge in [0, 0.05) is 24.8 Å². The van der Waals surface area contributed by atoms with E-state index in [0.717, 1.165) is 30.9 Å². The molecule has 1 aliphatic heterocycles. The zero-order valence-electron chi connectivity index (χ0n) is 11.8. The van der Waals surface area contributed by atoms with Crippen LogP contribution in [0.1, 0.15) is 28.8 Å². The number of amides is 1.